The van der Waals surface area contributed by atoms with E-state index in [2.05, 4.69) is 10.0 Å². The van der Waals surface area contributed by atoms with Crippen LogP contribution in [0.4, 0.5) is 17.6 Å². The molecule has 140 valence electrons. The quantitative estimate of drug-likeness (QED) is 0.792. The third-order valence-corrected chi connectivity index (χ3v) is 5.78. The molecule has 2 N–H and O–H groups in total. The van der Waals surface area contributed by atoms with Gasteiger partial charge in [-0.1, -0.05) is 6.07 Å². The maximum Gasteiger partial charge on any atom is 0.241 e. The van der Waals surface area contributed by atoms with Gasteiger partial charge >= 0.3 is 0 Å². The summed E-state index contributed by atoms with van der Waals surface area (Å²) in [6.45, 7) is 0.803. The van der Waals surface area contributed by atoms with E-state index in [1.54, 1.807) is 0 Å². The molecule has 1 heterocycles. The second-order valence-corrected chi connectivity index (χ2v) is 7.82. The van der Waals surface area contributed by atoms with Crippen molar-refractivity contribution in [2.24, 2.45) is 0 Å². The normalized spacial score (nSPS) is 20.9. The third-order valence-electron chi connectivity index (χ3n) is 4.31. The summed E-state index contributed by atoms with van der Waals surface area (Å²) in [7, 11) is -4.20. The second kappa shape index (κ2) is 7.34. The summed E-state index contributed by atoms with van der Waals surface area (Å²) < 4.78 is 80.8. The van der Waals surface area contributed by atoms with Crippen molar-refractivity contribution >= 4 is 10.0 Å². The first kappa shape index (κ1) is 18.8. The summed E-state index contributed by atoms with van der Waals surface area (Å²) in [6, 6.07) is 4.74. The first-order valence-electron chi connectivity index (χ1n) is 7.90. The van der Waals surface area contributed by atoms with Crippen molar-refractivity contribution in [2.75, 3.05) is 13.1 Å². The number of benzene rings is 2. The molecule has 0 aromatic heterocycles. The van der Waals surface area contributed by atoms with Crippen molar-refractivity contribution in [3.63, 3.8) is 0 Å². The average molecular weight is 388 g/mol. The Balaban J connectivity index is 1.89. The van der Waals surface area contributed by atoms with Gasteiger partial charge in [0, 0.05) is 24.6 Å². The fraction of sp³-hybridized carbons (Fsp3) is 0.294. The zero-order chi connectivity index (χ0) is 18.9. The van der Waals surface area contributed by atoms with E-state index in [1.807, 2.05) is 0 Å². The second-order valence-electron chi connectivity index (χ2n) is 6.11. The Morgan fingerprint density at radius 2 is 1.65 bits per heavy atom. The molecule has 1 saturated heterocycles. The van der Waals surface area contributed by atoms with Gasteiger partial charge in [0.2, 0.25) is 10.0 Å². The number of rotatable bonds is 4. The molecule has 0 amide bonds. The Kier molecular flexibility index (Phi) is 5.31. The molecule has 0 saturated carbocycles. The summed E-state index contributed by atoms with van der Waals surface area (Å²) in [5.74, 6) is -4.45. The predicted octanol–water partition coefficient (Wildman–Crippen LogP) is 2.67. The van der Waals surface area contributed by atoms with Gasteiger partial charge in [-0.05, 0) is 42.8 Å². The highest BCUT2D eigenvalue weighted by Crippen LogP contribution is 2.28. The Morgan fingerprint density at radius 3 is 2.31 bits per heavy atom. The number of hydrogen-bond acceptors (Lipinski definition) is 3. The highest BCUT2D eigenvalue weighted by Gasteiger charge is 2.31. The molecule has 0 spiro atoms. The molecule has 1 aliphatic rings. The number of halogens is 4. The van der Waals surface area contributed by atoms with Gasteiger partial charge in [0.15, 0.2) is 11.6 Å². The van der Waals surface area contributed by atoms with Gasteiger partial charge < -0.3 is 5.32 Å². The summed E-state index contributed by atoms with van der Waals surface area (Å²) in [5, 5.41) is 3.01. The zero-order valence-corrected chi connectivity index (χ0v) is 14.3. The fourth-order valence-corrected chi connectivity index (χ4v) is 4.39. The minimum absolute atomic E-state index is 0.237. The molecule has 2 aromatic carbocycles. The SMILES string of the molecule is O=S(=O)(NC1CNCCC1c1ccc(F)c(F)c1)c1cc(F)cc(F)c1. The molecule has 3 rings (SSSR count). The van der Waals surface area contributed by atoms with Gasteiger partial charge in [0.25, 0.3) is 0 Å². The van der Waals surface area contributed by atoms with Crippen LogP contribution in [0, 0.1) is 23.3 Å². The largest absolute Gasteiger partial charge is 0.315 e. The number of sulfonamides is 1. The number of nitrogens with one attached hydrogen (secondary N) is 2. The minimum atomic E-state index is -4.20. The van der Waals surface area contributed by atoms with E-state index in [0.29, 0.717) is 36.7 Å². The Labute approximate surface area is 148 Å². The monoisotopic (exact) mass is 388 g/mol. The van der Waals surface area contributed by atoms with E-state index in [0.717, 1.165) is 12.1 Å². The maximum atomic E-state index is 13.5. The van der Waals surface area contributed by atoms with E-state index in [9.17, 15) is 26.0 Å². The highest BCUT2D eigenvalue weighted by atomic mass is 32.2. The average Bonchev–Trinajstić information content (AvgIpc) is 2.57. The molecule has 0 radical (unpaired) electrons. The number of piperidine rings is 1. The summed E-state index contributed by atoms with van der Waals surface area (Å²) >= 11 is 0. The molecule has 0 bridgehead atoms. The lowest BCUT2D eigenvalue weighted by Crippen LogP contribution is -2.49. The smallest absolute Gasteiger partial charge is 0.241 e. The van der Waals surface area contributed by atoms with Crippen LogP contribution in [0.1, 0.15) is 17.9 Å². The van der Waals surface area contributed by atoms with Crippen molar-refractivity contribution in [1.82, 2.24) is 10.0 Å². The summed E-state index contributed by atoms with van der Waals surface area (Å²) in [4.78, 5) is -0.537. The van der Waals surface area contributed by atoms with Crippen LogP contribution in [-0.2, 0) is 10.0 Å². The fourth-order valence-electron chi connectivity index (χ4n) is 3.08. The lowest BCUT2D eigenvalue weighted by molar-refractivity contribution is 0.376. The van der Waals surface area contributed by atoms with Crippen LogP contribution < -0.4 is 10.0 Å². The van der Waals surface area contributed by atoms with Gasteiger partial charge in [-0.3, -0.25) is 0 Å². The number of hydrogen-bond donors (Lipinski definition) is 2. The molecule has 2 unspecified atom stereocenters. The van der Waals surface area contributed by atoms with Crippen LogP contribution in [0.2, 0.25) is 0 Å². The van der Waals surface area contributed by atoms with Crippen molar-refractivity contribution < 1.29 is 26.0 Å². The third kappa shape index (κ3) is 4.05. The molecule has 1 aliphatic heterocycles. The summed E-state index contributed by atoms with van der Waals surface area (Å²) in [5.41, 5.74) is 0.448. The van der Waals surface area contributed by atoms with Crippen LogP contribution in [0.3, 0.4) is 0 Å². The van der Waals surface area contributed by atoms with Crippen LogP contribution in [0.25, 0.3) is 0 Å². The molecule has 2 atom stereocenters. The first-order valence-corrected chi connectivity index (χ1v) is 9.39. The van der Waals surface area contributed by atoms with Gasteiger partial charge in [-0.2, -0.15) is 0 Å². The lowest BCUT2D eigenvalue weighted by Gasteiger charge is -2.33. The van der Waals surface area contributed by atoms with Crippen molar-refractivity contribution in [1.29, 1.82) is 0 Å². The van der Waals surface area contributed by atoms with E-state index < -0.39 is 50.1 Å². The van der Waals surface area contributed by atoms with Crippen molar-refractivity contribution in [3.8, 4) is 0 Å². The van der Waals surface area contributed by atoms with Crippen molar-refractivity contribution in [2.45, 2.75) is 23.3 Å². The van der Waals surface area contributed by atoms with E-state index in [-0.39, 0.29) is 6.54 Å². The van der Waals surface area contributed by atoms with Gasteiger partial charge in [-0.15, -0.1) is 0 Å². The maximum absolute atomic E-state index is 13.5. The standard InChI is InChI=1S/C17H16F4N2O2S/c18-11-6-12(19)8-13(7-11)26(24,25)23-17-9-22-4-3-14(17)10-1-2-15(20)16(21)5-10/h1-2,5-8,14,17,22-23H,3-4,9H2. The summed E-state index contributed by atoms with van der Waals surface area (Å²) in [6.07, 6.45) is 0.482. The van der Waals surface area contributed by atoms with Crippen molar-refractivity contribution in [3.05, 3.63) is 65.2 Å². The predicted molar refractivity (Wildman–Crippen MR) is 87.1 cm³/mol. The lowest BCUT2D eigenvalue weighted by atomic mass is 9.86. The highest BCUT2D eigenvalue weighted by molar-refractivity contribution is 7.89. The van der Waals surface area contributed by atoms with E-state index in [4.69, 9.17) is 0 Å². The Bertz CT molecular complexity index is 901. The Hall–Kier alpha value is -1.97. The minimum Gasteiger partial charge on any atom is -0.315 e. The molecule has 9 heteroatoms. The van der Waals surface area contributed by atoms with Crippen LogP contribution in [-0.4, -0.2) is 27.5 Å². The van der Waals surface area contributed by atoms with Crippen LogP contribution >= 0.6 is 0 Å². The topological polar surface area (TPSA) is 58.2 Å². The van der Waals surface area contributed by atoms with Gasteiger partial charge in [0.05, 0.1) is 4.90 Å². The van der Waals surface area contributed by atoms with Gasteiger partial charge in [-0.25, -0.2) is 30.7 Å². The van der Waals surface area contributed by atoms with Gasteiger partial charge in [0.1, 0.15) is 11.6 Å². The van der Waals surface area contributed by atoms with Crippen LogP contribution in [0.5, 0.6) is 0 Å². The first-order chi connectivity index (χ1) is 12.3. The molecule has 26 heavy (non-hydrogen) atoms. The Morgan fingerprint density at radius 1 is 0.962 bits per heavy atom. The molecule has 1 fully saturated rings. The molecule has 4 nitrogen and oxygen atoms in total. The molecular formula is C17H16F4N2O2S. The molecule has 2 aromatic rings. The van der Waals surface area contributed by atoms with E-state index >= 15 is 0 Å². The molecular weight excluding hydrogens is 372 g/mol. The zero-order valence-electron chi connectivity index (χ0n) is 13.5. The van der Waals surface area contributed by atoms with Crippen LogP contribution in [0.15, 0.2) is 41.3 Å². The molecule has 0 aliphatic carbocycles. The van der Waals surface area contributed by atoms with E-state index in [1.165, 1.54) is 6.07 Å².